The molecule has 1 heterocycles. The number of nitrogens with zero attached hydrogens (tertiary/aromatic N) is 1. The summed E-state index contributed by atoms with van der Waals surface area (Å²) in [6.45, 7) is 8.50. The molecule has 0 aromatic rings. The molecule has 0 saturated heterocycles. The van der Waals surface area contributed by atoms with Gasteiger partial charge in [-0.15, -0.1) is 0 Å². The molecule has 2 nitrogen and oxygen atoms in total. The van der Waals surface area contributed by atoms with Crippen molar-refractivity contribution in [1.82, 2.24) is 0 Å². The Morgan fingerprint density at radius 2 is 1.89 bits per heavy atom. The summed E-state index contributed by atoms with van der Waals surface area (Å²) in [5.74, 6) is 1.80. The standard InChI is InChI=1S/C16H23NO/c1-10-5-6-11(2)15-12(3)7-8-17-13(4)16(18)14(15)9-10/h5-6,8-13,15H,7H2,1-4H3/t10-,11?,12?,13+,15?/m0/s1. The average molecular weight is 245 g/mol. The third-order valence-corrected chi connectivity index (χ3v) is 4.17. The van der Waals surface area contributed by atoms with Crippen LogP contribution in [0.4, 0.5) is 0 Å². The van der Waals surface area contributed by atoms with Gasteiger partial charge in [0.05, 0.1) is 0 Å². The highest BCUT2D eigenvalue weighted by Gasteiger charge is 2.33. The highest BCUT2D eigenvalue weighted by Crippen LogP contribution is 2.36. The lowest BCUT2D eigenvalue weighted by Crippen LogP contribution is -2.31. The van der Waals surface area contributed by atoms with Crippen LogP contribution in [-0.4, -0.2) is 18.0 Å². The second kappa shape index (κ2) is 5.21. The van der Waals surface area contributed by atoms with Crippen molar-refractivity contribution < 1.29 is 4.79 Å². The van der Waals surface area contributed by atoms with E-state index in [2.05, 4.69) is 44.0 Å². The first-order valence-electron chi connectivity index (χ1n) is 6.96. The molecule has 5 atom stereocenters. The molecule has 0 N–H and O–H groups in total. The molecule has 0 fully saturated rings. The summed E-state index contributed by atoms with van der Waals surface area (Å²) in [7, 11) is 0. The van der Waals surface area contributed by atoms with Gasteiger partial charge in [-0.25, -0.2) is 0 Å². The topological polar surface area (TPSA) is 29.4 Å². The number of ketones is 1. The largest absolute Gasteiger partial charge is 0.292 e. The molecule has 3 unspecified atom stereocenters. The summed E-state index contributed by atoms with van der Waals surface area (Å²) in [5.41, 5.74) is 1.01. The second-order valence-corrected chi connectivity index (χ2v) is 5.84. The molecule has 1 aliphatic heterocycles. The van der Waals surface area contributed by atoms with Gasteiger partial charge in [0, 0.05) is 0 Å². The molecular weight excluding hydrogens is 222 g/mol. The van der Waals surface area contributed by atoms with Gasteiger partial charge in [-0.05, 0) is 48.8 Å². The SMILES string of the molecule is CC1C=C[C@H](C)C=C2C(=O)[C@@H](C)N=CCC(C)C21. The quantitative estimate of drug-likeness (QED) is 0.601. The van der Waals surface area contributed by atoms with Crippen LogP contribution in [-0.2, 0) is 4.79 Å². The predicted octanol–water partition coefficient (Wildman–Crippen LogP) is 3.44. The zero-order valence-corrected chi connectivity index (χ0v) is 11.8. The predicted molar refractivity (Wildman–Crippen MR) is 75.8 cm³/mol. The molecule has 1 aliphatic carbocycles. The van der Waals surface area contributed by atoms with E-state index < -0.39 is 0 Å². The summed E-state index contributed by atoms with van der Waals surface area (Å²) in [4.78, 5) is 16.9. The Balaban J connectivity index is 2.47. The number of fused-ring (bicyclic) bond motifs is 1. The maximum absolute atomic E-state index is 12.5. The van der Waals surface area contributed by atoms with Crippen LogP contribution in [0.3, 0.4) is 0 Å². The Bertz CT molecular complexity index is 419. The van der Waals surface area contributed by atoms with E-state index in [1.54, 1.807) is 0 Å². The van der Waals surface area contributed by atoms with Crippen LogP contribution in [0.2, 0.25) is 0 Å². The highest BCUT2D eigenvalue weighted by atomic mass is 16.1. The van der Waals surface area contributed by atoms with Gasteiger partial charge in [0.1, 0.15) is 6.04 Å². The Kier molecular flexibility index (Phi) is 3.84. The molecule has 0 radical (unpaired) electrons. The summed E-state index contributed by atoms with van der Waals surface area (Å²) in [6.07, 6.45) is 9.54. The minimum atomic E-state index is -0.219. The van der Waals surface area contributed by atoms with Gasteiger partial charge in [0.25, 0.3) is 0 Å². The first-order chi connectivity index (χ1) is 8.50. The van der Waals surface area contributed by atoms with Crippen LogP contribution in [0.25, 0.3) is 0 Å². The Morgan fingerprint density at radius 1 is 1.17 bits per heavy atom. The summed E-state index contributed by atoms with van der Waals surface area (Å²) < 4.78 is 0. The number of rotatable bonds is 0. The number of allylic oxidation sites excluding steroid dienone is 3. The maximum atomic E-state index is 12.5. The molecule has 0 aromatic carbocycles. The molecule has 2 heteroatoms. The first kappa shape index (κ1) is 13.3. The lowest BCUT2D eigenvalue weighted by atomic mass is 9.74. The lowest BCUT2D eigenvalue weighted by molar-refractivity contribution is -0.117. The Hall–Kier alpha value is -1.18. The molecule has 98 valence electrons. The Labute approximate surface area is 110 Å². The number of carbonyl (C=O) groups excluding carboxylic acids is 1. The third kappa shape index (κ3) is 2.47. The van der Waals surface area contributed by atoms with E-state index in [0.29, 0.717) is 23.7 Å². The molecule has 0 bridgehead atoms. The maximum Gasteiger partial charge on any atom is 0.182 e. The van der Waals surface area contributed by atoms with E-state index >= 15 is 0 Å². The molecule has 2 aliphatic rings. The smallest absolute Gasteiger partial charge is 0.182 e. The number of hydrogen-bond donors (Lipinski definition) is 0. The van der Waals surface area contributed by atoms with E-state index in [9.17, 15) is 4.79 Å². The van der Waals surface area contributed by atoms with Crippen LogP contribution in [0.1, 0.15) is 34.1 Å². The lowest BCUT2D eigenvalue weighted by Gasteiger charge is -2.30. The number of aliphatic imine (C=N–C) groups is 1. The van der Waals surface area contributed by atoms with Gasteiger partial charge < -0.3 is 0 Å². The molecule has 18 heavy (non-hydrogen) atoms. The molecule has 0 saturated carbocycles. The average Bonchev–Trinajstić information content (AvgIpc) is 2.47. The molecule has 0 amide bonds. The first-order valence-corrected chi connectivity index (χ1v) is 6.96. The fourth-order valence-corrected chi connectivity index (χ4v) is 3.12. The summed E-state index contributed by atoms with van der Waals surface area (Å²) >= 11 is 0. The van der Waals surface area contributed by atoms with E-state index in [1.807, 2.05) is 13.1 Å². The minimum Gasteiger partial charge on any atom is -0.292 e. The van der Waals surface area contributed by atoms with Crippen molar-refractivity contribution >= 4 is 12.0 Å². The number of carbonyl (C=O) groups is 1. The van der Waals surface area contributed by atoms with Crippen LogP contribution in [0.15, 0.2) is 28.8 Å². The van der Waals surface area contributed by atoms with Crippen LogP contribution >= 0.6 is 0 Å². The van der Waals surface area contributed by atoms with Crippen LogP contribution in [0, 0.1) is 23.7 Å². The summed E-state index contributed by atoms with van der Waals surface area (Å²) in [5, 5.41) is 0. The zero-order valence-electron chi connectivity index (χ0n) is 11.8. The van der Waals surface area contributed by atoms with E-state index in [1.165, 1.54) is 0 Å². The van der Waals surface area contributed by atoms with Crippen molar-refractivity contribution in [2.45, 2.75) is 40.2 Å². The number of Topliss-reactive ketones (excluding diaryl/α,β-unsaturated/α-hetero) is 1. The van der Waals surface area contributed by atoms with Crippen molar-refractivity contribution in [2.75, 3.05) is 0 Å². The van der Waals surface area contributed by atoms with Gasteiger partial charge in [0.2, 0.25) is 0 Å². The fraction of sp³-hybridized carbons (Fsp3) is 0.625. The van der Waals surface area contributed by atoms with E-state index in [4.69, 9.17) is 0 Å². The van der Waals surface area contributed by atoms with Gasteiger partial charge in [-0.1, -0.05) is 39.0 Å². The Morgan fingerprint density at radius 3 is 2.61 bits per heavy atom. The van der Waals surface area contributed by atoms with Gasteiger partial charge in [-0.2, -0.15) is 0 Å². The second-order valence-electron chi connectivity index (χ2n) is 5.84. The third-order valence-electron chi connectivity index (χ3n) is 4.17. The molecule has 0 spiro atoms. The molecule has 2 rings (SSSR count). The van der Waals surface area contributed by atoms with Crippen molar-refractivity contribution in [1.29, 1.82) is 0 Å². The van der Waals surface area contributed by atoms with E-state index in [0.717, 1.165) is 12.0 Å². The number of hydrogen-bond acceptors (Lipinski definition) is 2. The van der Waals surface area contributed by atoms with Gasteiger partial charge in [-0.3, -0.25) is 9.79 Å². The van der Waals surface area contributed by atoms with Crippen LogP contribution in [0.5, 0.6) is 0 Å². The minimum absolute atomic E-state index is 0.213. The van der Waals surface area contributed by atoms with Crippen molar-refractivity contribution in [3.8, 4) is 0 Å². The monoisotopic (exact) mass is 245 g/mol. The molecular formula is C16H23NO. The normalized spacial score (nSPS) is 40.6. The van der Waals surface area contributed by atoms with Crippen LogP contribution < -0.4 is 0 Å². The fourth-order valence-electron chi connectivity index (χ4n) is 3.12. The summed E-state index contributed by atoms with van der Waals surface area (Å²) in [6, 6.07) is -0.219. The van der Waals surface area contributed by atoms with Crippen molar-refractivity contribution in [3.63, 3.8) is 0 Å². The molecule has 0 aromatic heterocycles. The van der Waals surface area contributed by atoms with Crippen molar-refractivity contribution in [2.24, 2.45) is 28.7 Å². The van der Waals surface area contributed by atoms with Gasteiger partial charge in [0.15, 0.2) is 5.78 Å². The van der Waals surface area contributed by atoms with Crippen molar-refractivity contribution in [3.05, 3.63) is 23.8 Å². The van der Waals surface area contributed by atoms with Gasteiger partial charge >= 0.3 is 0 Å². The van der Waals surface area contributed by atoms with E-state index in [-0.39, 0.29) is 11.8 Å². The zero-order chi connectivity index (χ0) is 13.3. The highest BCUT2D eigenvalue weighted by molar-refractivity contribution is 6.01.